The Hall–Kier alpha value is -2.16. The van der Waals surface area contributed by atoms with Crippen LogP contribution in [0.3, 0.4) is 0 Å². The Morgan fingerprint density at radius 3 is 2.53 bits per heavy atom. The number of pyridine rings is 1. The fourth-order valence-electron chi connectivity index (χ4n) is 1.57. The largest absolute Gasteiger partial charge is 0.513 e. The molecule has 2 nitrogen and oxygen atoms in total. The number of halogens is 1. The number of hydrogen-bond acceptors (Lipinski definition) is 2. The van der Waals surface area contributed by atoms with Gasteiger partial charge in [-0.25, -0.2) is 4.39 Å². The van der Waals surface area contributed by atoms with Gasteiger partial charge in [0, 0.05) is 18.2 Å². The number of allylic oxidation sites excluding steroid dienone is 1. The van der Waals surface area contributed by atoms with E-state index >= 15 is 0 Å². The summed E-state index contributed by atoms with van der Waals surface area (Å²) in [5.41, 5.74) is 2.69. The summed E-state index contributed by atoms with van der Waals surface area (Å²) in [6.07, 6.45) is 2.34. The van der Waals surface area contributed by atoms with Gasteiger partial charge >= 0.3 is 0 Å². The van der Waals surface area contributed by atoms with Gasteiger partial charge in [0.25, 0.3) is 0 Å². The van der Waals surface area contributed by atoms with E-state index in [-0.39, 0.29) is 6.42 Å². The van der Waals surface area contributed by atoms with Gasteiger partial charge in [-0.1, -0.05) is 30.3 Å². The van der Waals surface area contributed by atoms with E-state index in [2.05, 4.69) is 4.98 Å². The molecule has 0 saturated carbocycles. The molecule has 0 unspecified atom stereocenters. The summed E-state index contributed by atoms with van der Waals surface area (Å²) in [6.45, 7) is 0. The van der Waals surface area contributed by atoms with Crippen LogP contribution in [0.2, 0.25) is 0 Å². The van der Waals surface area contributed by atoms with Gasteiger partial charge in [0.15, 0.2) is 0 Å². The highest BCUT2D eigenvalue weighted by atomic mass is 19.1. The number of aliphatic hydroxyl groups is 1. The lowest BCUT2D eigenvalue weighted by molar-refractivity contribution is 0.435. The SMILES string of the molecule is O/C=C(\F)Cc1ccc(-c2ccccn2)cc1. The molecule has 0 saturated heterocycles. The van der Waals surface area contributed by atoms with Crippen LogP contribution in [0.4, 0.5) is 4.39 Å². The topological polar surface area (TPSA) is 33.1 Å². The van der Waals surface area contributed by atoms with Crippen molar-refractivity contribution in [2.45, 2.75) is 6.42 Å². The van der Waals surface area contributed by atoms with Crippen LogP contribution in [0.25, 0.3) is 11.3 Å². The molecular formula is C14H12FNO. The predicted molar refractivity (Wildman–Crippen MR) is 65.2 cm³/mol. The number of hydrogen-bond donors (Lipinski definition) is 1. The lowest BCUT2D eigenvalue weighted by atomic mass is 10.1. The van der Waals surface area contributed by atoms with Gasteiger partial charge in [0.2, 0.25) is 0 Å². The maximum Gasteiger partial charge on any atom is 0.138 e. The minimum Gasteiger partial charge on any atom is -0.513 e. The summed E-state index contributed by atoms with van der Waals surface area (Å²) in [5.74, 6) is -0.546. The zero-order valence-corrected chi connectivity index (χ0v) is 9.18. The van der Waals surface area contributed by atoms with Crippen LogP contribution in [0.15, 0.2) is 60.8 Å². The van der Waals surface area contributed by atoms with Gasteiger partial charge in [0.1, 0.15) is 12.1 Å². The van der Waals surface area contributed by atoms with E-state index in [1.807, 2.05) is 42.5 Å². The van der Waals surface area contributed by atoms with E-state index in [4.69, 9.17) is 5.11 Å². The second-order valence-corrected chi connectivity index (χ2v) is 3.66. The van der Waals surface area contributed by atoms with E-state index in [1.54, 1.807) is 6.20 Å². The first-order valence-electron chi connectivity index (χ1n) is 5.28. The maximum atomic E-state index is 12.8. The van der Waals surface area contributed by atoms with E-state index in [9.17, 15) is 4.39 Å². The monoisotopic (exact) mass is 229 g/mol. The van der Waals surface area contributed by atoms with Crippen molar-refractivity contribution in [3.63, 3.8) is 0 Å². The van der Waals surface area contributed by atoms with Crippen molar-refractivity contribution < 1.29 is 9.50 Å². The zero-order valence-electron chi connectivity index (χ0n) is 9.18. The Morgan fingerprint density at radius 1 is 1.18 bits per heavy atom. The molecule has 1 aromatic carbocycles. The third kappa shape index (κ3) is 2.91. The van der Waals surface area contributed by atoms with E-state index < -0.39 is 5.83 Å². The first kappa shape index (κ1) is 11.3. The van der Waals surface area contributed by atoms with Gasteiger partial charge in [0.05, 0.1) is 5.69 Å². The van der Waals surface area contributed by atoms with Crippen LogP contribution in [-0.2, 0) is 6.42 Å². The molecule has 86 valence electrons. The normalized spacial score (nSPS) is 11.5. The summed E-state index contributed by atoms with van der Waals surface area (Å²) in [4.78, 5) is 4.23. The van der Waals surface area contributed by atoms with Crippen LogP contribution in [0.5, 0.6) is 0 Å². The molecule has 0 amide bonds. The number of aromatic nitrogens is 1. The highest BCUT2D eigenvalue weighted by Crippen LogP contribution is 2.18. The maximum absolute atomic E-state index is 12.8. The van der Waals surface area contributed by atoms with E-state index in [0.29, 0.717) is 6.26 Å². The molecule has 0 aliphatic rings. The van der Waals surface area contributed by atoms with Crippen LogP contribution in [0, 0.1) is 0 Å². The third-order valence-corrected chi connectivity index (χ3v) is 2.43. The molecule has 0 aliphatic carbocycles. The average Bonchev–Trinajstić information content (AvgIpc) is 2.40. The molecular weight excluding hydrogens is 217 g/mol. The van der Waals surface area contributed by atoms with E-state index in [0.717, 1.165) is 16.8 Å². The molecule has 1 heterocycles. The zero-order chi connectivity index (χ0) is 12.1. The Kier molecular flexibility index (Phi) is 3.50. The molecule has 0 spiro atoms. The first-order chi connectivity index (χ1) is 8.29. The fraction of sp³-hybridized carbons (Fsp3) is 0.0714. The highest BCUT2D eigenvalue weighted by molar-refractivity contribution is 5.59. The molecule has 0 aliphatic heterocycles. The standard InChI is InChI=1S/C14H12FNO/c15-13(10-17)9-11-4-6-12(7-5-11)14-3-1-2-8-16-14/h1-8,10,17H,9H2/b13-10-. The Labute approximate surface area is 99.1 Å². The second kappa shape index (κ2) is 5.25. The van der Waals surface area contributed by atoms with Gasteiger partial charge in [-0.05, 0) is 17.7 Å². The number of nitrogens with zero attached hydrogens (tertiary/aromatic N) is 1. The quantitative estimate of drug-likeness (QED) is 0.815. The Balaban J connectivity index is 2.19. The third-order valence-electron chi connectivity index (χ3n) is 2.43. The van der Waals surface area contributed by atoms with Crippen molar-refractivity contribution >= 4 is 0 Å². The molecule has 3 heteroatoms. The molecule has 17 heavy (non-hydrogen) atoms. The molecule has 1 N–H and O–H groups in total. The number of benzene rings is 1. The highest BCUT2D eigenvalue weighted by Gasteiger charge is 2.01. The summed E-state index contributed by atoms with van der Waals surface area (Å²) in [6, 6.07) is 13.1. The van der Waals surface area contributed by atoms with Gasteiger partial charge in [-0.2, -0.15) is 0 Å². The van der Waals surface area contributed by atoms with Crippen molar-refractivity contribution in [1.29, 1.82) is 0 Å². The molecule has 0 bridgehead atoms. The predicted octanol–water partition coefficient (Wildman–Crippen LogP) is 3.66. The van der Waals surface area contributed by atoms with Crippen LogP contribution in [-0.4, -0.2) is 10.1 Å². The van der Waals surface area contributed by atoms with Crippen LogP contribution < -0.4 is 0 Å². The lowest BCUT2D eigenvalue weighted by Crippen LogP contribution is -1.87. The molecule has 0 fully saturated rings. The van der Waals surface area contributed by atoms with Gasteiger partial charge < -0.3 is 5.11 Å². The van der Waals surface area contributed by atoms with Gasteiger partial charge in [-0.15, -0.1) is 0 Å². The first-order valence-corrected chi connectivity index (χ1v) is 5.28. The molecule has 0 radical (unpaired) electrons. The van der Waals surface area contributed by atoms with Crippen LogP contribution >= 0.6 is 0 Å². The summed E-state index contributed by atoms with van der Waals surface area (Å²) < 4.78 is 12.8. The smallest absolute Gasteiger partial charge is 0.138 e. The molecule has 0 atom stereocenters. The van der Waals surface area contributed by atoms with Crippen molar-refractivity contribution in [2.24, 2.45) is 0 Å². The molecule has 2 rings (SSSR count). The average molecular weight is 229 g/mol. The molecule has 2 aromatic rings. The minimum absolute atomic E-state index is 0.110. The Morgan fingerprint density at radius 2 is 1.94 bits per heavy atom. The molecule has 1 aromatic heterocycles. The summed E-state index contributed by atoms with van der Waals surface area (Å²) in [7, 11) is 0. The van der Waals surface area contributed by atoms with Gasteiger partial charge in [-0.3, -0.25) is 4.98 Å². The van der Waals surface area contributed by atoms with Crippen molar-refractivity contribution in [2.75, 3.05) is 0 Å². The summed E-state index contributed by atoms with van der Waals surface area (Å²) >= 11 is 0. The second-order valence-electron chi connectivity index (χ2n) is 3.66. The fourth-order valence-corrected chi connectivity index (χ4v) is 1.57. The number of rotatable bonds is 3. The van der Waals surface area contributed by atoms with E-state index in [1.165, 1.54) is 0 Å². The van der Waals surface area contributed by atoms with Crippen molar-refractivity contribution in [3.05, 3.63) is 66.3 Å². The van der Waals surface area contributed by atoms with Crippen LogP contribution in [0.1, 0.15) is 5.56 Å². The summed E-state index contributed by atoms with van der Waals surface area (Å²) in [5, 5.41) is 8.48. The van der Waals surface area contributed by atoms with Crippen molar-refractivity contribution in [1.82, 2.24) is 4.98 Å². The lowest BCUT2D eigenvalue weighted by Gasteiger charge is -2.02. The minimum atomic E-state index is -0.546. The number of aliphatic hydroxyl groups excluding tert-OH is 1. The Bertz CT molecular complexity index is 506. The van der Waals surface area contributed by atoms with Crippen molar-refractivity contribution in [3.8, 4) is 11.3 Å².